The van der Waals surface area contributed by atoms with Crippen molar-refractivity contribution in [1.82, 2.24) is 4.90 Å². The lowest BCUT2D eigenvalue weighted by Gasteiger charge is -2.46. The molecule has 3 atom stereocenters. The third-order valence-electron chi connectivity index (χ3n) is 5.86. The van der Waals surface area contributed by atoms with E-state index in [1.807, 2.05) is 17.5 Å². The Labute approximate surface area is 150 Å². The molecule has 0 N–H and O–H groups in total. The highest BCUT2D eigenvalue weighted by molar-refractivity contribution is 7.10. The predicted octanol–water partition coefficient (Wildman–Crippen LogP) is 3.84. The van der Waals surface area contributed by atoms with Crippen LogP contribution in [0.25, 0.3) is 0 Å². The quantitative estimate of drug-likeness (QED) is 0.582. The number of piperidine rings is 3. The van der Waals surface area contributed by atoms with Gasteiger partial charge in [-0.25, -0.2) is 13.6 Å². The molecule has 1 aromatic heterocycles. The summed E-state index contributed by atoms with van der Waals surface area (Å²) < 4.78 is 26.5. The molecule has 1 saturated carbocycles. The van der Waals surface area contributed by atoms with Crippen molar-refractivity contribution in [3.63, 3.8) is 0 Å². The van der Waals surface area contributed by atoms with Crippen molar-refractivity contribution in [2.24, 2.45) is 11.8 Å². The minimum atomic E-state index is -2.71. The van der Waals surface area contributed by atoms with Gasteiger partial charge in [0.2, 0.25) is 0 Å². The highest BCUT2D eigenvalue weighted by atomic mass is 32.1. The number of thiophene rings is 1. The number of carbonyl (C=O) groups excluding carboxylic acids is 1. The summed E-state index contributed by atoms with van der Waals surface area (Å²) >= 11 is 1.54. The number of hydrogen-bond acceptors (Lipinski definition) is 5. The molecule has 0 spiro atoms. The van der Waals surface area contributed by atoms with E-state index in [2.05, 4.69) is 4.90 Å². The second-order valence-electron chi connectivity index (χ2n) is 7.51. The van der Waals surface area contributed by atoms with Crippen LogP contribution >= 0.6 is 11.3 Å². The smallest absolute Gasteiger partial charge is 0.303 e. The minimum absolute atomic E-state index is 0.205. The summed E-state index contributed by atoms with van der Waals surface area (Å²) in [5.41, 5.74) is 0. The lowest BCUT2D eigenvalue weighted by molar-refractivity contribution is -0.301. The summed E-state index contributed by atoms with van der Waals surface area (Å²) in [6.45, 7) is 3.09. The molecule has 25 heavy (non-hydrogen) atoms. The largest absolute Gasteiger partial charge is 0.350 e. The molecule has 0 amide bonds. The Kier molecular flexibility index (Phi) is 4.81. The third kappa shape index (κ3) is 3.73. The summed E-state index contributed by atoms with van der Waals surface area (Å²) in [6, 6.07) is 3.89. The van der Waals surface area contributed by atoms with Crippen molar-refractivity contribution in [3.05, 3.63) is 22.4 Å². The first-order chi connectivity index (χ1) is 12.0. The van der Waals surface area contributed by atoms with Crippen molar-refractivity contribution in [2.75, 3.05) is 19.6 Å². The topological polar surface area (TPSA) is 38.8 Å². The van der Waals surface area contributed by atoms with Crippen LogP contribution in [0.4, 0.5) is 8.78 Å². The first kappa shape index (κ1) is 17.4. The normalized spacial score (nSPS) is 34.8. The molecule has 3 saturated heterocycles. The van der Waals surface area contributed by atoms with E-state index < -0.39 is 18.0 Å². The van der Waals surface area contributed by atoms with E-state index in [0.29, 0.717) is 5.92 Å². The zero-order valence-corrected chi connectivity index (χ0v) is 14.9. The van der Waals surface area contributed by atoms with Gasteiger partial charge in [0, 0.05) is 24.3 Å². The van der Waals surface area contributed by atoms with E-state index in [0.717, 1.165) is 37.4 Å². The van der Waals surface area contributed by atoms with Crippen molar-refractivity contribution >= 4 is 17.3 Å². The molecule has 1 aromatic rings. The van der Waals surface area contributed by atoms with Gasteiger partial charge in [-0.3, -0.25) is 4.89 Å². The summed E-state index contributed by atoms with van der Waals surface area (Å²) in [4.78, 5) is 26.4. The Morgan fingerprint density at radius 1 is 1.32 bits per heavy atom. The Morgan fingerprint density at radius 3 is 2.68 bits per heavy atom. The van der Waals surface area contributed by atoms with E-state index in [1.54, 1.807) is 11.3 Å². The second kappa shape index (κ2) is 6.93. The molecule has 2 unspecified atom stereocenters. The van der Waals surface area contributed by atoms with Gasteiger partial charge in [0.05, 0.1) is 5.92 Å². The van der Waals surface area contributed by atoms with Gasteiger partial charge in [0.1, 0.15) is 6.10 Å². The number of nitrogens with zero attached hydrogens (tertiary/aromatic N) is 1. The summed E-state index contributed by atoms with van der Waals surface area (Å²) in [7, 11) is 0. The van der Waals surface area contributed by atoms with E-state index in [-0.39, 0.29) is 31.1 Å². The van der Waals surface area contributed by atoms with Crippen LogP contribution < -0.4 is 0 Å². The van der Waals surface area contributed by atoms with Crippen molar-refractivity contribution < 1.29 is 23.4 Å². The van der Waals surface area contributed by atoms with Gasteiger partial charge < -0.3 is 4.90 Å². The Hall–Kier alpha value is -1.05. The molecule has 4 heterocycles. The van der Waals surface area contributed by atoms with Crippen LogP contribution in [0.1, 0.15) is 42.9 Å². The highest BCUT2D eigenvalue weighted by Crippen LogP contribution is 2.43. The van der Waals surface area contributed by atoms with E-state index >= 15 is 0 Å². The van der Waals surface area contributed by atoms with Gasteiger partial charge in [-0.15, -0.1) is 11.3 Å². The average molecular weight is 371 g/mol. The fourth-order valence-electron chi connectivity index (χ4n) is 4.52. The number of carbonyl (C=O) groups is 1. The van der Waals surface area contributed by atoms with Gasteiger partial charge in [0.15, 0.2) is 0 Å². The first-order valence-electron chi connectivity index (χ1n) is 9.02. The lowest BCUT2D eigenvalue weighted by atomic mass is 9.72. The lowest BCUT2D eigenvalue weighted by Crippen LogP contribution is -2.50. The monoisotopic (exact) mass is 371 g/mol. The van der Waals surface area contributed by atoms with Crippen LogP contribution in [0.5, 0.6) is 0 Å². The Bertz CT molecular complexity index is 601. The average Bonchev–Trinajstić information content (AvgIpc) is 3.24. The molecule has 4 nitrogen and oxygen atoms in total. The SMILES string of the molecule is O=C(OOC1CCC(F)(F)C1)C(c1cccs1)[C@@H]1CN2CCC1CC2. The van der Waals surface area contributed by atoms with Crippen LogP contribution in [-0.4, -0.2) is 42.5 Å². The Balaban J connectivity index is 1.44. The maximum atomic E-state index is 13.3. The number of rotatable bonds is 5. The van der Waals surface area contributed by atoms with Crippen molar-refractivity contribution in [3.8, 4) is 0 Å². The molecule has 4 aliphatic rings. The first-order valence-corrected chi connectivity index (χ1v) is 9.90. The molecule has 0 radical (unpaired) electrons. The summed E-state index contributed by atoms with van der Waals surface area (Å²) in [5.74, 6) is -2.78. The molecule has 3 aliphatic heterocycles. The highest BCUT2D eigenvalue weighted by Gasteiger charge is 2.45. The van der Waals surface area contributed by atoms with Gasteiger partial charge in [-0.1, -0.05) is 6.07 Å². The number of alkyl halides is 2. The van der Waals surface area contributed by atoms with Crippen LogP contribution in [-0.2, 0) is 14.6 Å². The second-order valence-corrected chi connectivity index (χ2v) is 8.49. The van der Waals surface area contributed by atoms with Gasteiger partial charge in [0.25, 0.3) is 5.92 Å². The predicted molar refractivity (Wildman–Crippen MR) is 89.5 cm³/mol. The molecule has 4 fully saturated rings. The standard InChI is InChI=1S/C18H23F2NO3S/c19-18(20)6-3-13(10-18)23-24-17(22)16(15-2-1-9-25-15)14-11-21-7-4-12(14)5-8-21/h1-2,9,12-14,16H,3-8,10-11H2/t13?,14-,16?/m1/s1. The zero-order chi connectivity index (χ0) is 17.4. The third-order valence-corrected chi connectivity index (χ3v) is 6.82. The van der Waals surface area contributed by atoms with Crippen molar-refractivity contribution in [2.45, 2.75) is 50.0 Å². The van der Waals surface area contributed by atoms with Crippen LogP contribution in [0.3, 0.4) is 0 Å². The van der Waals surface area contributed by atoms with E-state index in [4.69, 9.17) is 9.78 Å². The van der Waals surface area contributed by atoms with Gasteiger partial charge in [-0.2, -0.15) is 4.89 Å². The fraction of sp³-hybridized carbons (Fsp3) is 0.722. The number of hydrogen-bond donors (Lipinski definition) is 0. The van der Waals surface area contributed by atoms with E-state index in [9.17, 15) is 13.6 Å². The zero-order valence-electron chi connectivity index (χ0n) is 14.0. The number of fused-ring (bicyclic) bond motifs is 3. The summed E-state index contributed by atoms with van der Waals surface area (Å²) in [5, 5.41) is 1.95. The summed E-state index contributed by atoms with van der Waals surface area (Å²) in [6.07, 6.45) is 1.16. The molecule has 5 rings (SSSR count). The fourth-order valence-corrected chi connectivity index (χ4v) is 5.41. The van der Waals surface area contributed by atoms with Crippen molar-refractivity contribution in [1.29, 1.82) is 0 Å². The Morgan fingerprint density at radius 2 is 2.12 bits per heavy atom. The van der Waals surface area contributed by atoms with Gasteiger partial charge >= 0.3 is 5.97 Å². The minimum Gasteiger partial charge on any atom is -0.303 e. The maximum Gasteiger partial charge on any atom is 0.350 e. The molecular weight excluding hydrogens is 348 g/mol. The molecule has 0 aromatic carbocycles. The van der Waals surface area contributed by atoms with Gasteiger partial charge in [-0.05, 0) is 55.6 Å². The van der Waals surface area contributed by atoms with Crippen LogP contribution in [0.15, 0.2) is 17.5 Å². The van der Waals surface area contributed by atoms with Crippen LogP contribution in [0, 0.1) is 11.8 Å². The molecule has 138 valence electrons. The maximum absolute atomic E-state index is 13.3. The number of halogens is 2. The molecule has 7 heteroatoms. The molecule has 2 bridgehead atoms. The van der Waals surface area contributed by atoms with Crippen LogP contribution in [0.2, 0.25) is 0 Å². The molecule has 1 aliphatic carbocycles. The van der Waals surface area contributed by atoms with E-state index in [1.165, 1.54) is 0 Å². The molecular formula is C18H23F2NO3S.